The van der Waals surface area contributed by atoms with Crippen molar-refractivity contribution < 1.29 is 27.5 Å². The highest BCUT2D eigenvalue weighted by Crippen LogP contribution is 2.35. The normalized spacial score (nSPS) is 13.7. The van der Waals surface area contributed by atoms with Gasteiger partial charge in [0.05, 0.1) is 11.4 Å². The molecule has 2 aromatic carbocycles. The second-order valence-electron chi connectivity index (χ2n) is 8.90. The van der Waals surface area contributed by atoms with Gasteiger partial charge in [-0.3, -0.25) is 13.9 Å². The maximum Gasteiger partial charge on any atom is 0.244 e. The second-order valence-corrected chi connectivity index (χ2v) is 11.1. The largest absolute Gasteiger partial charge is 0.486 e. The van der Waals surface area contributed by atoms with E-state index in [0.29, 0.717) is 36.8 Å². The van der Waals surface area contributed by atoms with Gasteiger partial charge in [0.15, 0.2) is 11.5 Å². The van der Waals surface area contributed by atoms with Gasteiger partial charge in [0.2, 0.25) is 21.8 Å². The van der Waals surface area contributed by atoms with Crippen molar-refractivity contribution >= 4 is 27.5 Å². The number of rotatable bonds is 11. The highest BCUT2D eigenvalue weighted by molar-refractivity contribution is 7.92. The van der Waals surface area contributed by atoms with Gasteiger partial charge in [0.1, 0.15) is 25.8 Å². The van der Waals surface area contributed by atoms with E-state index in [-0.39, 0.29) is 24.2 Å². The summed E-state index contributed by atoms with van der Waals surface area (Å²) in [6, 6.07) is 13.5. The van der Waals surface area contributed by atoms with Crippen LogP contribution in [0.25, 0.3) is 0 Å². The second kappa shape index (κ2) is 12.1. The predicted molar refractivity (Wildman–Crippen MR) is 139 cm³/mol. The number of ether oxygens (including phenoxy) is 2. The average molecular weight is 518 g/mol. The predicted octanol–water partition coefficient (Wildman–Crippen LogP) is 2.60. The number of sulfonamides is 1. The van der Waals surface area contributed by atoms with E-state index in [0.717, 1.165) is 9.87 Å². The number of amides is 2. The molecule has 1 aliphatic heterocycles. The van der Waals surface area contributed by atoms with Crippen LogP contribution in [-0.4, -0.2) is 69.3 Å². The van der Waals surface area contributed by atoms with E-state index < -0.39 is 28.5 Å². The number of hydrogen-bond donors (Lipinski definition) is 1. The summed E-state index contributed by atoms with van der Waals surface area (Å²) >= 11 is 0. The molecule has 2 aromatic rings. The molecule has 0 fully saturated rings. The van der Waals surface area contributed by atoms with Crippen molar-refractivity contribution in [2.45, 2.75) is 46.2 Å². The quantitative estimate of drug-likeness (QED) is 0.491. The molecule has 1 heterocycles. The molecule has 0 saturated carbocycles. The average Bonchev–Trinajstić information content (AvgIpc) is 2.87. The van der Waals surface area contributed by atoms with Crippen LogP contribution in [0.1, 0.15) is 33.3 Å². The molecule has 1 N–H and O–H groups in total. The highest BCUT2D eigenvalue weighted by Gasteiger charge is 2.31. The molecule has 0 saturated heterocycles. The van der Waals surface area contributed by atoms with Crippen molar-refractivity contribution in [3.05, 3.63) is 54.1 Å². The van der Waals surface area contributed by atoms with Crippen molar-refractivity contribution in [3.8, 4) is 11.5 Å². The molecule has 10 heteroatoms. The van der Waals surface area contributed by atoms with Crippen LogP contribution in [0.5, 0.6) is 11.5 Å². The van der Waals surface area contributed by atoms with Crippen molar-refractivity contribution in [1.29, 1.82) is 0 Å². The van der Waals surface area contributed by atoms with Crippen molar-refractivity contribution in [2.75, 3.05) is 36.4 Å². The number of nitrogens with zero attached hydrogens (tertiary/aromatic N) is 2. The van der Waals surface area contributed by atoms with E-state index in [4.69, 9.17) is 9.47 Å². The summed E-state index contributed by atoms with van der Waals surface area (Å²) in [5.74, 6) is -0.0103. The van der Waals surface area contributed by atoms with Gasteiger partial charge in [-0.15, -0.1) is 0 Å². The third kappa shape index (κ3) is 6.90. The number of anilines is 1. The zero-order chi connectivity index (χ0) is 26.3. The van der Waals surface area contributed by atoms with E-state index in [1.807, 2.05) is 44.2 Å². The van der Waals surface area contributed by atoms with E-state index in [1.54, 1.807) is 25.1 Å². The minimum absolute atomic E-state index is 0.0966. The lowest BCUT2D eigenvalue weighted by Gasteiger charge is -2.32. The summed E-state index contributed by atoms with van der Waals surface area (Å²) in [4.78, 5) is 27.9. The van der Waals surface area contributed by atoms with Gasteiger partial charge < -0.3 is 19.7 Å². The lowest BCUT2D eigenvalue weighted by molar-refractivity contribution is -0.139. The van der Waals surface area contributed by atoms with E-state index in [2.05, 4.69) is 5.32 Å². The van der Waals surface area contributed by atoms with Crippen LogP contribution in [0.3, 0.4) is 0 Å². The van der Waals surface area contributed by atoms with Gasteiger partial charge >= 0.3 is 0 Å². The zero-order valence-corrected chi connectivity index (χ0v) is 22.1. The van der Waals surface area contributed by atoms with Crippen molar-refractivity contribution in [2.24, 2.45) is 0 Å². The Morgan fingerprint density at radius 2 is 1.67 bits per heavy atom. The molecule has 1 aliphatic rings. The molecular weight excluding hydrogens is 482 g/mol. The minimum Gasteiger partial charge on any atom is -0.486 e. The molecule has 0 radical (unpaired) electrons. The Balaban J connectivity index is 1.89. The topological polar surface area (TPSA) is 105 Å². The van der Waals surface area contributed by atoms with Gasteiger partial charge in [-0.1, -0.05) is 30.3 Å². The molecule has 0 bridgehead atoms. The van der Waals surface area contributed by atoms with Crippen LogP contribution >= 0.6 is 0 Å². The van der Waals surface area contributed by atoms with Gasteiger partial charge in [0.25, 0.3) is 0 Å². The Labute approximate surface area is 213 Å². The molecule has 0 spiro atoms. The first-order chi connectivity index (χ1) is 17.1. The number of carbonyl (C=O) groups is 2. The monoisotopic (exact) mass is 517 g/mol. The summed E-state index contributed by atoms with van der Waals surface area (Å²) in [7, 11) is -3.81. The summed E-state index contributed by atoms with van der Waals surface area (Å²) < 4.78 is 38.3. The Morgan fingerprint density at radius 1 is 1.00 bits per heavy atom. The van der Waals surface area contributed by atoms with Gasteiger partial charge in [-0.25, -0.2) is 8.42 Å². The molecular formula is C26H35N3O6S. The fourth-order valence-corrected chi connectivity index (χ4v) is 4.94. The van der Waals surface area contributed by atoms with Gasteiger partial charge in [0, 0.05) is 18.7 Å². The number of hydrogen-bond acceptors (Lipinski definition) is 6. The Morgan fingerprint density at radius 3 is 2.31 bits per heavy atom. The molecule has 9 nitrogen and oxygen atoms in total. The van der Waals surface area contributed by atoms with E-state index in [1.165, 1.54) is 11.8 Å². The summed E-state index contributed by atoms with van der Waals surface area (Å²) in [5.41, 5.74) is 1.31. The fourth-order valence-electron chi connectivity index (χ4n) is 3.88. The van der Waals surface area contributed by atoms with Crippen LogP contribution in [0.4, 0.5) is 5.69 Å². The fraction of sp³-hybridized carbons (Fsp3) is 0.462. The van der Waals surface area contributed by atoms with Gasteiger partial charge in [-0.05, 0) is 51.8 Å². The molecule has 2 amide bonds. The molecule has 36 heavy (non-hydrogen) atoms. The van der Waals surface area contributed by atoms with Crippen molar-refractivity contribution in [3.63, 3.8) is 0 Å². The smallest absolute Gasteiger partial charge is 0.244 e. The minimum atomic E-state index is -3.81. The molecule has 3 rings (SSSR count). The van der Waals surface area contributed by atoms with Crippen LogP contribution in [-0.2, 0) is 26.0 Å². The standard InChI is InChI=1S/C26H35N3O6S/c1-5-36(32,33)29(22-11-12-23-24(17-22)35-16-15-34-23)18-25(30)28(20(4)26(31)27-19(2)3)14-13-21-9-7-6-8-10-21/h6-12,17,19-20H,5,13-16,18H2,1-4H3,(H,27,31)/t20-/m1/s1. The first-order valence-corrected chi connectivity index (χ1v) is 13.8. The molecule has 0 aromatic heterocycles. The summed E-state index contributed by atoms with van der Waals surface area (Å²) in [6.45, 7) is 7.46. The summed E-state index contributed by atoms with van der Waals surface area (Å²) in [6.07, 6.45) is 0.524. The van der Waals surface area contributed by atoms with Crippen LogP contribution in [0.15, 0.2) is 48.5 Å². The number of fused-ring (bicyclic) bond motifs is 1. The lowest BCUT2D eigenvalue weighted by Crippen LogP contribution is -2.53. The van der Waals surface area contributed by atoms with E-state index in [9.17, 15) is 18.0 Å². The number of carbonyl (C=O) groups excluding carboxylic acids is 2. The molecule has 1 atom stereocenters. The molecule has 0 unspecified atom stereocenters. The Kier molecular flexibility index (Phi) is 9.19. The first kappa shape index (κ1) is 27.3. The first-order valence-electron chi connectivity index (χ1n) is 12.2. The lowest BCUT2D eigenvalue weighted by atomic mass is 10.1. The third-order valence-electron chi connectivity index (χ3n) is 5.88. The number of nitrogens with one attached hydrogen (secondary N) is 1. The molecule has 0 aliphatic carbocycles. The van der Waals surface area contributed by atoms with Crippen LogP contribution in [0.2, 0.25) is 0 Å². The highest BCUT2D eigenvalue weighted by atomic mass is 32.2. The van der Waals surface area contributed by atoms with Crippen LogP contribution in [0, 0.1) is 0 Å². The Hall–Kier alpha value is -3.27. The maximum atomic E-state index is 13.6. The van der Waals surface area contributed by atoms with Crippen LogP contribution < -0.4 is 19.1 Å². The zero-order valence-electron chi connectivity index (χ0n) is 21.3. The Bertz CT molecular complexity index is 1150. The van der Waals surface area contributed by atoms with E-state index >= 15 is 0 Å². The number of benzene rings is 2. The van der Waals surface area contributed by atoms with Gasteiger partial charge in [-0.2, -0.15) is 0 Å². The third-order valence-corrected chi connectivity index (χ3v) is 7.62. The van der Waals surface area contributed by atoms with Crippen molar-refractivity contribution in [1.82, 2.24) is 10.2 Å². The molecule has 196 valence electrons. The maximum absolute atomic E-state index is 13.6. The SMILES string of the molecule is CCS(=O)(=O)N(CC(=O)N(CCc1ccccc1)[C@H](C)C(=O)NC(C)C)c1ccc2c(c1)OCCO2. The summed E-state index contributed by atoms with van der Waals surface area (Å²) in [5, 5.41) is 2.84.